The van der Waals surface area contributed by atoms with Crippen molar-refractivity contribution < 1.29 is 25.8 Å². The zero-order valence-corrected chi connectivity index (χ0v) is 24.1. The van der Waals surface area contributed by atoms with E-state index >= 15 is 0 Å². The van der Waals surface area contributed by atoms with Gasteiger partial charge in [0.15, 0.2) is 0 Å². The van der Waals surface area contributed by atoms with Gasteiger partial charge in [-0.1, -0.05) is 82.2 Å². The Labute approximate surface area is 253 Å². The Morgan fingerprint density at radius 2 is 1.33 bits per heavy atom. The maximum absolute atomic E-state index is 6.36. The molecule has 0 aliphatic heterocycles. The van der Waals surface area contributed by atoms with E-state index in [-0.39, 0.29) is 21.1 Å². The Kier molecular flexibility index (Phi) is 5.56. The number of benzene rings is 3. The summed E-state index contributed by atoms with van der Waals surface area (Å²) in [5, 5.41) is 4.71. The SMILES string of the molecule is [Pt+2].[c-]1c(Oc2[c-]c3c(cc2)c2cccnc2n2cc(-c4ccccc4)nc32)ccc2c1c1nccn1c1cccnc21. The van der Waals surface area contributed by atoms with Crippen LogP contribution in [0.1, 0.15) is 0 Å². The molecular weight excluding hydrogens is 703 g/mol. The normalized spacial score (nSPS) is 11.6. The van der Waals surface area contributed by atoms with Gasteiger partial charge >= 0.3 is 21.1 Å². The van der Waals surface area contributed by atoms with Crippen LogP contribution in [-0.2, 0) is 21.1 Å². The fraction of sp³-hybridized carbons (Fsp3) is 0. The van der Waals surface area contributed by atoms with Crippen molar-refractivity contribution in [1.29, 1.82) is 0 Å². The average Bonchev–Trinajstić information content (AvgIpc) is 3.71. The maximum Gasteiger partial charge on any atom is 2.00 e. The van der Waals surface area contributed by atoms with Gasteiger partial charge in [-0.3, -0.25) is 15.0 Å². The smallest absolute Gasteiger partial charge is 0.497 e. The minimum absolute atomic E-state index is 0. The molecule has 0 atom stereocenters. The molecule has 0 radical (unpaired) electrons. The first kappa shape index (κ1) is 24.6. The molecule has 42 heavy (non-hydrogen) atoms. The van der Waals surface area contributed by atoms with E-state index in [9.17, 15) is 0 Å². The monoisotopic (exact) mass is 721 g/mol. The number of hydrogen-bond acceptors (Lipinski definition) is 5. The van der Waals surface area contributed by atoms with Gasteiger partial charge in [-0.05, 0) is 23.6 Å². The molecular formula is C34H18N6OPt. The molecule has 200 valence electrons. The quantitative estimate of drug-likeness (QED) is 0.140. The minimum atomic E-state index is 0. The van der Waals surface area contributed by atoms with Crippen LogP contribution in [0.4, 0.5) is 0 Å². The Balaban J connectivity index is 0.00000267. The first-order valence-electron chi connectivity index (χ1n) is 13.2. The molecule has 0 fully saturated rings. The number of pyridine rings is 4. The summed E-state index contributed by atoms with van der Waals surface area (Å²) in [7, 11) is 0. The van der Waals surface area contributed by atoms with E-state index < -0.39 is 0 Å². The fourth-order valence-corrected chi connectivity index (χ4v) is 5.71. The van der Waals surface area contributed by atoms with Gasteiger partial charge in [0.2, 0.25) is 0 Å². The predicted octanol–water partition coefficient (Wildman–Crippen LogP) is 7.44. The molecule has 0 N–H and O–H groups in total. The van der Waals surface area contributed by atoms with Gasteiger partial charge < -0.3 is 13.5 Å². The van der Waals surface area contributed by atoms with Crippen LogP contribution in [0.3, 0.4) is 0 Å². The topological polar surface area (TPSA) is 69.6 Å². The molecule has 9 rings (SSSR count). The number of rotatable bonds is 3. The van der Waals surface area contributed by atoms with Crippen LogP contribution in [0.15, 0.2) is 110 Å². The number of aromatic nitrogens is 6. The molecule has 0 saturated carbocycles. The van der Waals surface area contributed by atoms with Crippen LogP contribution in [-0.4, -0.2) is 28.7 Å². The third-order valence-corrected chi connectivity index (χ3v) is 7.53. The molecule has 6 heterocycles. The Hall–Kier alpha value is -5.13. The molecule has 0 aliphatic carbocycles. The van der Waals surface area contributed by atoms with E-state index in [2.05, 4.69) is 45.3 Å². The largest absolute Gasteiger partial charge is 2.00 e. The second-order valence-corrected chi connectivity index (χ2v) is 9.88. The summed E-state index contributed by atoms with van der Waals surface area (Å²) in [5.41, 5.74) is 6.23. The minimum Gasteiger partial charge on any atom is -0.497 e. The third-order valence-electron chi connectivity index (χ3n) is 7.53. The van der Waals surface area contributed by atoms with Crippen LogP contribution in [0.25, 0.3) is 66.2 Å². The van der Waals surface area contributed by atoms with Crippen molar-refractivity contribution in [2.45, 2.75) is 0 Å². The van der Waals surface area contributed by atoms with Crippen molar-refractivity contribution >= 4 is 54.9 Å². The first-order valence-corrected chi connectivity index (χ1v) is 13.2. The molecule has 0 bridgehead atoms. The molecule has 0 amide bonds. The zero-order valence-electron chi connectivity index (χ0n) is 21.8. The van der Waals surface area contributed by atoms with Crippen molar-refractivity contribution in [2.75, 3.05) is 0 Å². The average molecular weight is 722 g/mol. The Morgan fingerprint density at radius 3 is 2.19 bits per heavy atom. The molecule has 3 aromatic carbocycles. The summed E-state index contributed by atoms with van der Waals surface area (Å²) in [6, 6.07) is 33.0. The van der Waals surface area contributed by atoms with Gasteiger partial charge in [0.1, 0.15) is 5.65 Å². The first-order chi connectivity index (χ1) is 20.3. The maximum atomic E-state index is 6.36. The zero-order chi connectivity index (χ0) is 26.9. The van der Waals surface area contributed by atoms with Gasteiger partial charge in [-0.2, -0.15) is 0 Å². The van der Waals surface area contributed by atoms with E-state index in [1.807, 2.05) is 88.1 Å². The van der Waals surface area contributed by atoms with Crippen molar-refractivity contribution in [2.24, 2.45) is 0 Å². The summed E-state index contributed by atoms with van der Waals surface area (Å²) >= 11 is 0. The second kappa shape index (κ2) is 9.47. The number of hydrogen-bond donors (Lipinski definition) is 0. The van der Waals surface area contributed by atoms with E-state index in [1.165, 1.54) is 0 Å². The molecule has 6 aromatic heterocycles. The van der Waals surface area contributed by atoms with Crippen LogP contribution >= 0.6 is 0 Å². The molecule has 0 aliphatic rings. The summed E-state index contributed by atoms with van der Waals surface area (Å²) in [6.07, 6.45) is 9.38. The van der Waals surface area contributed by atoms with Crippen LogP contribution in [0, 0.1) is 12.1 Å². The van der Waals surface area contributed by atoms with E-state index in [0.717, 1.165) is 66.2 Å². The van der Waals surface area contributed by atoms with E-state index in [4.69, 9.17) is 9.72 Å². The summed E-state index contributed by atoms with van der Waals surface area (Å²) < 4.78 is 10.4. The van der Waals surface area contributed by atoms with Gasteiger partial charge in [0.05, 0.1) is 28.0 Å². The fourth-order valence-electron chi connectivity index (χ4n) is 5.71. The van der Waals surface area contributed by atoms with Crippen LogP contribution in [0.2, 0.25) is 0 Å². The molecule has 0 spiro atoms. The molecule has 0 saturated heterocycles. The van der Waals surface area contributed by atoms with Crippen LogP contribution in [0.5, 0.6) is 11.5 Å². The number of nitrogens with zero attached hydrogens (tertiary/aromatic N) is 6. The third kappa shape index (κ3) is 3.64. The Bertz CT molecular complexity index is 2470. The Morgan fingerprint density at radius 1 is 0.595 bits per heavy atom. The van der Waals surface area contributed by atoms with Gasteiger partial charge in [0.25, 0.3) is 0 Å². The number of imidazole rings is 2. The molecule has 7 nitrogen and oxygen atoms in total. The predicted molar refractivity (Wildman–Crippen MR) is 159 cm³/mol. The van der Waals surface area contributed by atoms with Gasteiger partial charge in [-0.15, -0.1) is 12.1 Å². The number of ether oxygens (including phenoxy) is 1. The molecule has 8 heteroatoms. The molecule has 0 unspecified atom stereocenters. The van der Waals surface area contributed by atoms with Crippen molar-refractivity contribution in [3.63, 3.8) is 0 Å². The van der Waals surface area contributed by atoms with Gasteiger partial charge in [0, 0.05) is 48.0 Å². The summed E-state index contributed by atoms with van der Waals surface area (Å²) in [5.74, 6) is 1.14. The molecule has 9 aromatic rings. The van der Waals surface area contributed by atoms with Crippen LogP contribution < -0.4 is 4.74 Å². The summed E-state index contributed by atoms with van der Waals surface area (Å²) in [6.45, 7) is 0. The van der Waals surface area contributed by atoms with Crippen molar-refractivity contribution in [3.05, 3.63) is 122 Å². The second-order valence-electron chi connectivity index (χ2n) is 9.88. The van der Waals surface area contributed by atoms with E-state index in [1.54, 1.807) is 12.4 Å². The van der Waals surface area contributed by atoms with Gasteiger partial charge in [-0.25, -0.2) is 4.98 Å². The number of fused-ring (bicyclic) bond motifs is 12. The van der Waals surface area contributed by atoms with E-state index in [0.29, 0.717) is 11.5 Å². The standard InChI is InChI=1S/C34H18N6O.Pt/c1-2-6-21(7-3-1)29-20-40-32-26(8-4-15-36-32)24-12-10-22(18-27(24)34(40)38-29)41-23-11-13-25-28(19-23)33-37-16-17-39(33)30-9-5-14-35-31(25)30;/h1-17,20H;/q-2;+2. The van der Waals surface area contributed by atoms with Crippen molar-refractivity contribution in [3.8, 4) is 22.8 Å². The van der Waals surface area contributed by atoms with Crippen molar-refractivity contribution in [1.82, 2.24) is 28.7 Å². The summed E-state index contributed by atoms with van der Waals surface area (Å²) in [4.78, 5) is 18.9.